The second-order valence-corrected chi connectivity index (χ2v) is 13.4. The minimum Gasteiger partial charge on any atom is -0.294 e. The van der Waals surface area contributed by atoms with Crippen LogP contribution in [0.15, 0.2) is 168 Å². The van der Waals surface area contributed by atoms with Crippen LogP contribution in [0.1, 0.15) is 33.4 Å². The number of pyridine rings is 1. The van der Waals surface area contributed by atoms with Crippen molar-refractivity contribution in [3.8, 4) is 16.8 Å². The first-order chi connectivity index (χ1) is 23.3. The normalized spacial score (nSPS) is 14.0. The molecule has 0 saturated carbocycles. The lowest BCUT2D eigenvalue weighted by atomic mass is 9.63. The Morgan fingerprint density at radius 3 is 1.91 bits per heavy atom. The zero-order valence-electron chi connectivity index (χ0n) is 25.5. The lowest BCUT2D eigenvalue weighted by Crippen LogP contribution is -2.35. The molecule has 2 aromatic heterocycles. The molecule has 2 aliphatic rings. The van der Waals surface area contributed by atoms with Gasteiger partial charge in [-0.05, 0) is 99.1 Å². The Morgan fingerprint density at radius 2 is 1.13 bits per heavy atom. The van der Waals surface area contributed by atoms with Gasteiger partial charge in [0, 0.05) is 32.4 Å². The van der Waals surface area contributed by atoms with Gasteiger partial charge in [-0.25, -0.2) is 4.98 Å². The molecule has 0 unspecified atom stereocenters. The third-order valence-electron chi connectivity index (χ3n) is 9.94. The SMILES string of the molecule is C1=Cc2ccc(-c3ccc4c(c3)c3cccnc3n4-c3ccccc3)cc2C2(c3ccccc31)c1ccccc1Sc1ccccc12. The van der Waals surface area contributed by atoms with E-state index in [0.717, 1.165) is 22.2 Å². The lowest BCUT2D eigenvalue weighted by Gasteiger charge is -2.42. The number of hydrogen-bond acceptors (Lipinski definition) is 2. The van der Waals surface area contributed by atoms with Crippen LogP contribution in [0.2, 0.25) is 0 Å². The first-order valence-corrected chi connectivity index (χ1v) is 16.9. The molecular weight excluding hydrogens is 589 g/mol. The van der Waals surface area contributed by atoms with Crippen molar-refractivity contribution in [1.29, 1.82) is 0 Å². The Hall–Kier alpha value is -5.64. The molecule has 0 saturated heterocycles. The summed E-state index contributed by atoms with van der Waals surface area (Å²) >= 11 is 1.88. The van der Waals surface area contributed by atoms with Crippen molar-refractivity contribution in [3.63, 3.8) is 0 Å². The van der Waals surface area contributed by atoms with Gasteiger partial charge in [-0.2, -0.15) is 0 Å². The number of nitrogens with zero attached hydrogens (tertiary/aromatic N) is 2. The van der Waals surface area contributed by atoms with Crippen molar-refractivity contribution in [1.82, 2.24) is 9.55 Å². The van der Waals surface area contributed by atoms with Crippen molar-refractivity contribution in [2.45, 2.75) is 15.2 Å². The molecule has 6 aromatic carbocycles. The molecule has 1 aliphatic carbocycles. The predicted octanol–water partition coefficient (Wildman–Crippen LogP) is 11.2. The van der Waals surface area contributed by atoms with E-state index in [9.17, 15) is 0 Å². The van der Waals surface area contributed by atoms with Crippen LogP contribution in [0.4, 0.5) is 0 Å². The standard InChI is InChI=1S/C44H28N2S/c1-2-12-33(13-3-1)46-40-25-24-31(27-35(40)34-14-10-26-45-43(34)46)32-23-22-30-21-20-29-11-4-5-15-36(29)44(39(30)28-32)37-16-6-8-18-41(37)47-42-19-9-7-17-38(42)44/h1-28H. The van der Waals surface area contributed by atoms with Crippen molar-refractivity contribution in [2.75, 3.05) is 0 Å². The Labute approximate surface area is 277 Å². The minimum atomic E-state index is -0.471. The molecule has 0 N–H and O–H groups in total. The fourth-order valence-corrected chi connectivity index (χ4v) is 9.15. The van der Waals surface area contributed by atoms with Gasteiger partial charge in [0.15, 0.2) is 0 Å². The van der Waals surface area contributed by atoms with Crippen molar-refractivity contribution < 1.29 is 0 Å². The summed E-state index contributed by atoms with van der Waals surface area (Å²) in [7, 11) is 0. The molecule has 47 heavy (non-hydrogen) atoms. The lowest BCUT2D eigenvalue weighted by molar-refractivity contribution is 0.701. The van der Waals surface area contributed by atoms with Crippen LogP contribution in [-0.2, 0) is 5.41 Å². The molecule has 0 atom stereocenters. The van der Waals surface area contributed by atoms with Crippen molar-refractivity contribution in [2.24, 2.45) is 0 Å². The van der Waals surface area contributed by atoms with Crippen LogP contribution in [-0.4, -0.2) is 9.55 Å². The number of rotatable bonds is 2. The van der Waals surface area contributed by atoms with Crippen LogP contribution >= 0.6 is 11.8 Å². The van der Waals surface area contributed by atoms with Crippen LogP contribution in [0.3, 0.4) is 0 Å². The van der Waals surface area contributed by atoms with E-state index in [1.54, 1.807) is 0 Å². The number of aromatic nitrogens is 2. The summed E-state index contributed by atoms with van der Waals surface area (Å²) in [6.07, 6.45) is 6.49. The quantitative estimate of drug-likeness (QED) is 0.192. The smallest absolute Gasteiger partial charge is 0.145 e. The first kappa shape index (κ1) is 26.6. The average molecular weight is 617 g/mol. The fraction of sp³-hybridized carbons (Fsp3) is 0.0227. The highest BCUT2D eigenvalue weighted by Crippen LogP contribution is 2.58. The number of benzene rings is 6. The van der Waals surface area contributed by atoms with E-state index in [1.807, 2.05) is 24.0 Å². The highest BCUT2D eigenvalue weighted by atomic mass is 32.2. The molecule has 0 amide bonds. The summed E-state index contributed by atoms with van der Waals surface area (Å²) in [5.74, 6) is 0. The monoisotopic (exact) mass is 616 g/mol. The van der Waals surface area contributed by atoms with E-state index >= 15 is 0 Å². The van der Waals surface area contributed by atoms with Crippen LogP contribution in [0.5, 0.6) is 0 Å². The van der Waals surface area contributed by atoms with E-state index in [4.69, 9.17) is 4.98 Å². The third kappa shape index (κ3) is 3.78. The minimum absolute atomic E-state index is 0.471. The maximum atomic E-state index is 4.84. The molecule has 3 heterocycles. The highest BCUT2D eigenvalue weighted by Gasteiger charge is 2.46. The first-order valence-electron chi connectivity index (χ1n) is 16.0. The zero-order chi connectivity index (χ0) is 31.0. The maximum Gasteiger partial charge on any atom is 0.145 e. The molecule has 10 rings (SSSR count). The summed E-state index contributed by atoms with van der Waals surface area (Å²) < 4.78 is 2.27. The topological polar surface area (TPSA) is 17.8 Å². The van der Waals surface area contributed by atoms with E-state index in [2.05, 4.69) is 162 Å². The van der Waals surface area contributed by atoms with Crippen LogP contribution < -0.4 is 0 Å². The van der Waals surface area contributed by atoms with Crippen LogP contribution in [0.25, 0.3) is 50.9 Å². The van der Waals surface area contributed by atoms with E-state index < -0.39 is 5.41 Å². The maximum absolute atomic E-state index is 4.84. The average Bonchev–Trinajstić information content (AvgIpc) is 3.39. The predicted molar refractivity (Wildman–Crippen MR) is 195 cm³/mol. The molecule has 220 valence electrons. The highest BCUT2D eigenvalue weighted by molar-refractivity contribution is 7.99. The van der Waals surface area contributed by atoms with Gasteiger partial charge in [-0.15, -0.1) is 0 Å². The fourth-order valence-electron chi connectivity index (χ4n) is 7.95. The van der Waals surface area contributed by atoms with Gasteiger partial charge in [0.25, 0.3) is 0 Å². The van der Waals surface area contributed by atoms with E-state index in [-0.39, 0.29) is 0 Å². The Morgan fingerprint density at radius 1 is 0.489 bits per heavy atom. The molecule has 0 fully saturated rings. The third-order valence-corrected chi connectivity index (χ3v) is 11.1. The second kappa shape index (κ2) is 10.2. The molecule has 3 heteroatoms. The Balaban J connectivity index is 1.26. The Bertz CT molecular complexity index is 2510. The van der Waals surface area contributed by atoms with E-state index in [1.165, 1.54) is 59.7 Å². The molecule has 1 aliphatic heterocycles. The summed E-state index contributed by atoms with van der Waals surface area (Å²) in [6.45, 7) is 0. The van der Waals surface area contributed by atoms with Gasteiger partial charge in [-0.1, -0.05) is 121 Å². The zero-order valence-corrected chi connectivity index (χ0v) is 26.3. The van der Waals surface area contributed by atoms with Crippen LogP contribution in [0, 0.1) is 0 Å². The largest absolute Gasteiger partial charge is 0.294 e. The van der Waals surface area contributed by atoms with Crippen molar-refractivity contribution >= 4 is 45.9 Å². The summed E-state index contributed by atoms with van der Waals surface area (Å²) in [5, 5.41) is 2.36. The molecule has 0 bridgehead atoms. The van der Waals surface area contributed by atoms with Gasteiger partial charge in [-0.3, -0.25) is 4.57 Å². The molecule has 0 radical (unpaired) electrons. The number of para-hydroxylation sites is 1. The number of fused-ring (bicyclic) bond motifs is 11. The van der Waals surface area contributed by atoms with Gasteiger partial charge >= 0.3 is 0 Å². The summed E-state index contributed by atoms with van der Waals surface area (Å²) in [5.41, 5.74) is 13.0. The van der Waals surface area contributed by atoms with E-state index in [0.29, 0.717) is 0 Å². The Kier molecular flexibility index (Phi) is 5.76. The van der Waals surface area contributed by atoms with Crippen molar-refractivity contribution in [3.05, 3.63) is 191 Å². The molecular formula is C44H28N2S. The van der Waals surface area contributed by atoms with Gasteiger partial charge in [0.05, 0.1) is 10.9 Å². The summed E-state index contributed by atoms with van der Waals surface area (Å²) in [6, 6.07) is 55.6. The second-order valence-electron chi connectivity index (χ2n) is 12.3. The molecule has 1 spiro atoms. The molecule has 2 nitrogen and oxygen atoms in total. The van der Waals surface area contributed by atoms with Gasteiger partial charge < -0.3 is 0 Å². The van der Waals surface area contributed by atoms with Gasteiger partial charge in [0.1, 0.15) is 5.65 Å². The summed E-state index contributed by atoms with van der Waals surface area (Å²) in [4.78, 5) is 7.45. The van der Waals surface area contributed by atoms with Gasteiger partial charge in [0.2, 0.25) is 0 Å². The molecule has 8 aromatic rings. The number of hydrogen-bond donors (Lipinski definition) is 0.